The lowest BCUT2D eigenvalue weighted by atomic mass is 10.1. The minimum absolute atomic E-state index is 0.0944. The maximum Gasteiger partial charge on any atom is 0.409 e. The van der Waals surface area contributed by atoms with Gasteiger partial charge in [0.25, 0.3) is 0 Å². The molecule has 1 fully saturated rings. The van der Waals surface area contributed by atoms with E-state index >= 15 is 0 Å². The number of benzene rings is 1. The number of carbonyl (C=O) groups is 2. The first kappa shape index (κ1) is 20.6. The van der Waals surface area contributed by atoms with Crippen molar-refractivity contribution in [1.29, 1.82) is 0 Å². The number of methoxy groups -OCH3 is 2. The second-order valence-corrected chi connectivity index (χ2v) is 6.72. The van der Waals surface area contributed by atoms with Crippen LogP contribution < -0.4 is 9.47 Å². The molecule has 0 spiro atoms. The molecule has 7 heteroatoms. The summed E-state index contributed by atoms with van der Waals surface area (Å²) in [6, 6.07) is 5.42. The summed E-state index contributed by atoms with van der Waals surface area (Å²) in [6.45, 7) is 6.32. The summed E-state index contributed by atoms with van der Waals surface area (Å²) in [4.78, 5) is 27.8. The summed E-state index contributed by atoms with van der Waals surface area (Å²) in [7, 11) is 3.16. The molecule has 27 heavy (non-hydrogen) atoms. The van der Waals surface area contributed by atoms with E-state index in [-0.39, 0.29) is 12.0 Å². The summed E-state index contributed by atoms with van der Waals surface area (Å²) in [5.41, 5.74) is 0.794. The molecule has 1 aromatic carbocycles. The van der Waals surface area contributed by atoms with Gasteiger partial charge in [-0.15, -0.1) is 0 Å². The van der Waals surface area contributed by atoms with Crippen LogP contribution in [0, 0.1) is 5.92 Å². The largest absolute Gasteiger partial charge is 0.497 e. The zero-order valence-corrected chi connectivity index (χ0v) is 16.4. The van der Waals surface area contributed by atoms with Gasteiger partial charge < -0.3 is 24.0 Å². The van der Waals surface area contributed by atoms with Crippen molar-refractivity contribution in [1.82, 2.24) is 9.80 Å². The zero-order valence-electron chi connectivity index (χ0n) is 16.4. The van der Waals surface area contributed by atoms with Crippen molar-refractivity contribution in [2.75, 3.05) is 47.0 Å². The molecule has 2 amide bonds. The molecular formula is C20H28N2O5. The molecular weight excluding hydrogens is 348 g/mol. The molecule has 1 saturated heterocycles. The van der Waals surface area contributed by atoms with E-state index in [0.29, 0.717) is 50.2 Å². The average Bonchev–Trinajstić information content (AvgIpc) is 2.70. The van der Waals surface area contributed by atoms with Crippen LogP contribution in [0.2, 0.25) is 0 Å². The Bertz CT molecular complexity index is 679. The van der Waals surface area contributed by atoms with Crippen molar-refractivity contribution in [2.24, 2.45) is 5.92 Å². The molecule has 0 N–H and O–H groups in total. The van der Waals surface area contributed by atoms with Crippen LogP contribution in [0.3, 0.4) is 0 Å². The van der Waals surface area contributed by atoms with Gasteiger partial charge in [-0.05, 0) is 24.1 Å². The Kier molecular flexibility index (Phi) is 7.52. The summed E-state index contributed by atoms with van der Waals surface area (Å²) in [5.74, 6) is 1.53. The van der Waals surface area contributed by atoms with Gasteiger partial charge in [0, 0.05) is 43.9 Å². The fourth-order valence-electron chi connectivity index (χ4n) is 2.66. The van der Waals surface area contributed by atoms with Crippen molar-refractivity contribution in [3.05, 3.63) is 29.8 Å². The summed E-state index contributed by atoms with van der Waals surface area (Å²) < 4.78 is 15.7. The Balaban J connectivity index is 1.89. The minimum Gasteiger partial charge on any atom is -0.497 e. The number of carbonyl (C=O) groups excluding carboxylic acids is 2. The van der Waals surface area contributed by atoms with E-state index in [1.54, 1.807) is 36.2 Å². The van der Waals surface area contributed by atoms with Crippen LogP contribution in [0.15, 0.2) is 24.3 Å². The first-order chi connectivity index (χ1) is 12.9. The van der Waals surface area contributed by atoms with E-state index in [2.05, 4.69) is 0 Å². The van der Waals surface area contributed by atoms with Crippen LogP contribution in [-0.4, -0.2) is 68.8 Å². The molecule has 7 nitrogen and oxygen atoms in total. The molecule has 1 aliphatic rings. The third kappa shape index (κ3) is 5.91. The van der Waals surface area contributed by atoms with E-state index in [1.165, 1.54) is 6.08 Å². The number of hydrogen-bond donors (Lipinski definition) is 0. The molecule has 0 atom stereocenters. The van der Waals surface area contributed by atoms with Crippen LogP contribution in [0.5, 0.6) is 11.5 Å². The van der Waals surface area contributed by atoms with Gasteiger partial charge in [0.1, 0.15) is 11.5 Å². The number of piperazine rings is 1. The Labute approximate surface area is 160 Å². The standard InChI is InChI=1S/C20H28N2O5/c1-15(2)14-27-20(24)22-11-9-21(10-12-22)19(23)8-6-16-5-7-17(25-3)13-18(16)26-4/h5-8,13,15H,9-12,14H2,1-4H3/b8-6+. The number of ether oxygens (including phenoxy) is 3. The highest BCUT2D eigenvalue weighted by Gasteiger charge is 2.24. The number of nitrogens with zero attached hydrogens (tertiary/aromatic N) is 2. The normalized spacial score (nSPS) is 14.6. The van der Waals surface area contributed by atoms with Crippen molar-refractivity contribution >= 4 is 18.1 Å². The Morgan fingerprint density at radius 3 is 2.33 bits per heavy atom. The lowest BCUT2D eigenvalue weighted by molar-refractivity contribution is -0.127. The van der Waals surface area contributed by atoms with Gasteiger partial charge >= 0.3 is 6.09 Å². The average molecular weight is 376 g/mol. The van der Waals surface area contributed by atoms with Gasteiger partial charge in [-0.2, -0.15) is 0 Å². The Morgan fingerprint density at radius 2 is 1.74 bits per heavy atom. The van der Waals surface area contributed by atoms with Crippen molar-refractivity contribution in [3.63, 3.8) is 0 Å². The van der Waals surface area contributed by atoms with Gasteiger partial charge in [0.15, 0.2) is 0 Å². The summed E-state index contributed by atoms with van der Waals surface area (Å²) in [6.07, 6.45) is 2.94. The molecule has 0 unspecified atom stereocenters. The third-order valence-corrected chi connectivity index (χ3v) is 4.24. The van der Waals surface area contributed by atoms with E-state index in [1.807, 2.05) is 26.0 Å². The first-order valence-electron chi connectivity index (χ1n) is 9.05. The van der Waals surface area contributed by atoms with E-state index in [9.17, 15) is 9.59 Å². The number of hydrogen-bond acceptors (Lipinski definition) is 5. The Morgan fingerprint density at radius 1 is 1.07 bits per heavy atom. The fraction of sp³-hybridized carbons (Fsp3) is 0.500. The predicted molar refractivity (Wildman–Crippen MR) is 103 cm³/mol. The topological polar surface area (TPSA) is 68.3 Å². The molecule has 1 heterocycles. The second-order valence-electron chi connectivity index (χ2n) is 6.72. The molecule has 0 radical (unpaired) electrons. The summed E-state index contributed by atoms with van der Waals surface area (Å²) in [5, 5.41) is 0. The molecule has 0 aromatic heterocycles. The quantitative estimate of drug-likeness (QED) is 0.714. The highest BCUT2D eigenvalue weighted by molar-refractivity contribution is 5.92. The zero-order chi connectivity index (χ0) is 19.8. The van der Waals surface area contributed by atoms with E-state index < -0.39 is 0 Å². The molecule has 0 aliphatic carbocycles. The lowest BCUT2D eigenvalue weighted by Crippen LogP contribution is -2.50. The molecule has 1 aliphatic heterocycles. The molecule has 0 bridgehead atoms. The minimum atomic E-state index is -0.311. The highest BCUT2D eigenvalue weighted by Crippen LogP contribution is 2.25. The lowest BCUT2D eigenvalue weighted by Gasteiger charge is -2.33. The molecule has 148 valence electrons. The van der Waals surface area contributed by atoms with Gasteiger partial charge in [-0.25, -0.2) is 4.79 Å². The second kappa shape index (κ2) is 9.85. The van der Waals surface area contributed by atoms with Crippen molar-refractivity contribution in [2.45, 2.75) is 13.8 Å². The number of rotatable bonds is 6. The third-order valence-electron chi connectivity index (χ3n) is 4.24. The first-order valence-corrected chi connectivity index (χ1v) is 9.05. The molecule has 1 aromatic rings. The van der Waals surface area contributed by atoms with Gasteiger partial charge in [-0.3, -0.25) is 4.79 Å². The van der Waals surface area contributed by atoms with Crippen LogP contribution in [0.1, 0.15) is 19.4 Å². The SMILES string of the molecule is COc1ccc(/C=C/C(=O)N2CCN(C(=O)OCC(C)C)CC2)c(OC)c1. The maximum atomic E-state index is 12.4. The molecule has 2 rings (SSSR count). The molecule has 0 saturated carbocycles. The van der Waals surface area contributed by atoms with Gasteiger partial charge in [0.2, 0.25) is 5.91 Å². The van der Waals surface area contributed by atoms with Crippen LogP contribution >= 0.6 is 0 Å². The summed E-state index contributed by atoms with van der Waals surface area (Å²) >= 11 is 0. The van der Waals surface area contributed by atoms with E-state index in [0.717, 1.165) is 5.56 Å². The maximum absolute atomic E-state index is 12.4. The van der Waals surface area contributed by atoms with Crippen molar-refractivity contribution in [3.8, 4) is 11.5 Å². The van der Waals surface area contributed by atoms with E-state index in [4.69, 9.17) is 14.2 Å². The van der Waals surface area contributed by atoms with Crippen LogP contribution in [0.4, 0.5) is 4.79 Å². The smallest absolute Gasteiger partial charge is 0.409 e. The fourth-order valence-corrected chi connectivity index (χ4v) is 2.66. The van der Waals surface area contributed by atoms with Crippen LogP contribution in [0.25, 0.3) is 6.08 Å². The monoisotopic (exact) mass is 376 g/mol. The van der Waals surface area contributed by atoms with Crippen LogP contribution in [-0.2, 0) is 9.53 Å². The van der Waals surface area contributed by atoms with Gasteiger partial charge in [-0.1, -0.05) is 13.8 Å². The Hall–Kier alpha value is -2.70. The highest BCUT2D eigenvalue weighted by atomic mass is 16.6. The predicted octanol–water partition coefficient (Wildman–Crippen LogP) is 2.65. The van der Waals surface area contributed by atoms with Gasteiger partial charge in [0.05, 0.1) is 20.8 Å². The number of amides is 2. The van der Waals surface area contributed by atoms with Crippen molar-refractivity contribution < 1.29 is 23.8 Å².